The summed E-state index contributed by atoms with van der Waals surface area (Å²) in [7, 11) is -1.90. The van der Waals surface area contributed by atoms with Crippen LogP contribution in [0.4, 0.5) is 14.6 Å². The number of rotatable bonds is 12. The molecular formula is C39H55F2N5O3Si. The molecule has 2 fully saturated rings. The van der Waals surface area contributed by atoms with Crippen LogP contribution in [-0.4, -0.2) is 84.9 Å². The first kappa shape index (κ1) is 37.8. The van der Waals surface area contributed by atoms with Gasteiger partial charge in [0.25, 0.3) is 5.91 Å². The van der Waals surface area contributed by atoms with Gasteiger partial charge in [-0.05, 0) is 94.9 Å². The summed E-state index contributed by atoms with van der Waals surface area (Å²) < 4.78 is 42.1. The Labute approximate surface area is 298 Å². The Balaban J connectivity index is 1.37. The van der Waals surface area contributed by atoms with E-state index in [1.807, 2.05) is 39.8 Å². The van der Waals surface area contributed by atoms with Crippen molar-refractivity contribution in [2.75, 3.05) is 37.7 Å². The first-order valence-electron chi connectivity index (χ1n) is 18.0. The molecule has 50 heavy (non-hydrogen) atoms. The van der Waals surface area contributed by atoms with Crippen molar-refractivity contribution in [1.82, 2.24) is 19.8 Å². The van der Waals surface area contributed by atoms with Gasteiger partial charge in [-0.2, -0.15) is 0 Å². The van der Waals surface area contributed by atoms with Crippen LogP contribution >= 0.6 is 0 Å². The van der Waals surface area contributed by atoms with E-state index in [-0.39, 0.29) is 51.6 Å². The van der Waals surface area contributed by atoms with Crippen molar-refractivity contribution < 1.29 is 22.7 Å². The van der Waals surface area contributed by atoms with Crippen molar-refractivity contribution in [1.29, 1.82) is 0 Å². The van der Waals surface area contributed by atoms with Gasteiger partial charge in [0.05, 0.1) is 11.8 Å². The van der Waals surface area contributed by atoms with Crippen molar-refractivity contribution in [2.24, 2.45) is 5.41 Å². The van der Waals surface area contributed by atoms with Crippen LogP contribution in [0.15, 0.2) is 55.0 Å². The molecule has 2 aliphatic rings. The van der Waals surface area contributed by atoms with Crippen LogP contribution < -0.4 is 9.64 Å². The average molecular weight is 708 g/mol. The lowest BCUT2D eigenvalue weighted by molar-refractivity contribution is 0.0640. The fourth-order valence-electron chi connectivity index (χ4n) is 7.37. The molecule has 0 N–H and O–H groups in total. The van der Waals surface area contributed by atoms with E-state index in [9.17, 15) is 9.18 Å². The molecule has 2 atom stereocenters. The van der Waals surface area contributed by atoms with Crippen molar-refractivity contribution >= 4 is 20.0 Å². The second-order valence-corrected chi connectivity index (χ2v) is 21.1. The number of hydrogen-bond donors (Lipinski definition) is 0. The number of amides is 1. The highest BCUT2D eigenvalue weighted by Crippen LogP contribution is 2.46. The van der Waals surface area contributed by atoms with Crippen LogP contribution in [0, 0.1) is 17.0 Å². The smallest absolute Gasteiger partial charge is 0.258 e. The van der Waals surface area contributed by atoms with Crippen LogP contribution in [0.2, 0.25) is 18.1 Å². The van der Waals surface area contributed by atoms with Crippen LogP contribution in [0.25, 0.3) is 0 Å². The molecule has 3 aromatic rings. The summed E-state index contributed by atoms with van der Waals surface area (Å²) in [5.41, 5.74) is 1.28. The fourth-order valence-corrected chi connectivity index (χ4v) is 8.40. The molecule has 1 spiro atoms. The third kappa shape index (κ3) is 8.37. The van der Waals surface area contributed by atoms with E-state index in [0.717, 1.165) is 51.0 Å². The van der Waals surface area contributed by atoms with E-state index >= 15 is 4.39 Å². The minimum atomic E-state index is -1.90. The number of ether oxygens (including phenoxy) is 1. The lowest BCUT2D eigenvalue weighted by Gasteiger charge is -2.37. The summed E-state index contributed by atoms with van der Waals surface area (Å²) in [6.07, 6.45) is 5.80. The standard InChI is InChI=1S/C39H55F2N5O3Si/c1-27(2)46(28(3)4)37(47)32-11-10-12-33(41)35(32)49-34-23-42-26-43-36(34)45-18-17-39(25-45)22-31(21-29-13-15-30(40)16-14-29)44(24-39)19-20-48-50(8,9)38(5,6)7/h10-16,23,26-28,31H,17-22,24-25H2,1-9H3. The number of anilines is 1. The number of likely N-dealkylation sites (tertiary alicyclic amines) is 1. The predicted octanol–water partition coefficient (Wildman–Crippen LogP) is 8.34. The maximum absolute atomic E-state index is 15.5. The van der Waals surface area contributed by atoms with Crippen LogP contribution in [0.5, 0.6) is 11.5 Å². The Bertz CT molecular complexity index is 1620. The molecule has 1 amide bonds. The number of hydrogen-bond acceptors (Lipinski definition) is 7. The first-order valence-corrected chi connectivity index (χ1v) is 20.9. The van der Waals surface area contributed by atoms with Gasteiger partial charge < -0.3 is 19.0 Å². The highest BCUT2D eigenvalue weighted by Gasteiger charge is 2.48. The Hall–Kier alpha value is -3.41. The van der Waals surface area contributed by atoms with E-state index in [1.165, 1.54) is 30.6 Å². The van der Waals surface area contributed by atoms with Gasteiger partial charge in [0.1, 0.15) is 12.1 Å². The molecule has 11 heteroatoms. The van der Waals surface area contributed by atoms with Gasteiger partial charge in [0, 0.05) is 56.3 Å². The van der Waals surface area contributed by atoms with E-state index in [0.29, 0.717) is 18.2 Å². The minimum Gasteiger partial charge on any atom is -0.448 e. The maximum Gasteiger partial charge on any atom is 0.258 e. The van der Waals surface area contributed by atoms with E-state index in [4.69, 9.17) is 9.16 Å². The molecule has 272 valence electrons. The molecule has 2 saturated heterocycles. The minimum absolute atomic E-state index is 0.00194. The Morgan fingerprint density at radius 3 is 2.42 bits per heavy atom. The lowest BCUT2D eigenvalue weighted by atomic mass is 9.83. The molecule has 1 aromatic heterocycles. The number of para-hydroxylation sites is 1. The van der Waals surface area contributed by atoms with Gasteiger partial charge in [0.15, 0.2) is 31.5 Å². The predicted molar refractivity (Wildman–Crippen MR) is 197 cm³/mol. The fraction of sp³-hybridized carbons (Fsp3) is 0.564. The molecule has 0 aliphatic carbocycles. The van der Waals surface area contributed by atoms with Gasteiger partial charge in [-0.25, -0.2) is 18.7 Å². The normalized spacial score (nSPS) is 20.0. The first-order chi connectivity index (χ1) is 23.5. The van der Waals surface area contributed by atoms with E-state index < -0.39 is 14.1 Å². The molecule has 0 saturated carbocycles. The average Bonchev–Trinajstić information content (AvgIpc) is 3.60. The van der Waals surface area contributed by atoms with Crippen molar-refractivity contribution in [2.45, 2.75) is 104 Å². The Morgan fingerprint density at radius 1 is 1.06 bits per heavy atom. The van der Waals surface area contributed by atoms with E-state index in [1.54, 1.807) is 17.2 Å². The summed E-state index contributed by atoms with van der Waals surface area (Å²) in [6.45, 7) is 23.0. The second kappa shape index (κ2) is 15.1. The molecule has 0 bridgehead atoms. The summed E-state index contributed by atoms with van der Waals surface area (Å²) >= 11 is 0. The summed E-state index contributed by atoms with van der Waals surface area (Å²) in [6, 6.07) is 11.4. The van der Waals surface area contributed by atoms with Crippen molar-refractivity contribution in [3.05, 3.63) is 77.8 Å². The zero-order valence-corrected chi connectivity index (χ0v) is 32.3. The van der Waals surface area contributed by atoms with Gasteiger partial charge in [-0.3, -0.25) is 9.69 Å². The van der Waals surface area contributed by atoms with Crippen molar-refractivity contribution in [3.8, 4) is 11.5 Å². The number of benzene rings is 2. The zero-order chi connectivity index (χ0) is 36.4. The maximum atomic E-state index is 15.5. The monoisotopic (exact) mass is 707 g/mol. The van der Waals surface area contributed by atoms with Crippen LogP contribution in [0.3, 0.4) is 0 Å². The number of carbonyl (C=O) groups excluding carboxylic acids is 1. The Kier molecular flexibility index (Phi) is 11.4. The third-order valence-electron chi connectivity index (χ3n) is 10.9. The van der Waals surface area contributed by atoms with Crippen LogP contribution in [-0.2, 0) is 10.8 Å². The number of aromatic nitrogens is 2. The third-order valence-corrected chi connectivity index (χ3v) is 15.4. The molecule has 2 unspecified atom stereocenters. The second-order valence-electron chi connectivity index (χ2n) is 16.3. The molecular weight excluding hydrogens is 653 g/mol. The quantitative estimate of drug-likeness (QED) is 0.175. The van der Waals surface area contributed by atoms with E-state index in [2.05, 4.69) is 53.6 Å². The van der Waals surface area contributed by atoms with Gasteiger partial charge in [-0.15, -0.1) is 0 Å². The van der Waals surface area contributed by atoms with Crippen LogP contribution in [0.1, 0.15) is 77.2 Å². The van der Waals surface area contributed by atoms with Gasteiger partial charge in [-0.1, -0.05) is 39.0 Å². The number of carbonyl (C=O) groups is 1. The Morgan fingerprint density at radius 2 is 1.76 bits per heavy atom. The van der Waals surface area contributed by atoms with Crippen molar-refractivity contribution in [3.63, 3.8) is 0 Å². The molecule has 3 heterocycles. The lowest BCUT2D eigenvalue weighted by Crippen LogP contribution is -2.43. The molecule has 0 radical (unpaired) electrons. The topological polar surface area (TPSA) is 71.0 Å². The SMILES string of the molecule is CC(C)N(C(=O)c1cccc(F)c1Oc1cncnc1N1CCC2(CC(Cc3ccc(F)cc3)N(CCO[Si](C)(C)C(C)(C)C)C2)C1)C(C)C. The summed E-state index contributed by atoms with van der Waals surface area (Å²) in [4.78, 5) is 29.0. The number of halogens is 2. The number of nitrogens with zero attached hydrogens (tertiary/aromatic N) is 5. The zero-order valence-electron chi connectivity index (χ0n) is 31.3. The molecule has 5 rings (SSSR count). The van der Waals surface area contributed by atoms with Gasteiger partial charge >= 0.3 is 0 Å². The highest BCUT2D eigenvalue weighted by atomic mass is 28.4. The molecule has 2 aliphatic heterocycles. The molecule has 2 aromatic carbocycles. The molecule has 8 nitrogen and oxygen atoms in total. The summed E-state index contributed by atoms with van der Waals surface area (Å²) in [5, 5.41) is 0.134. The van der Waals surface area contributed by atoms with Gasteiger partial charge in [0.2, 0.25) is 0 Å². The summed E-state index contributed by atoms with van der Waals surface area (Å²) in [5.74, 6) is -0.371. The largest absolute Gasteiger partial charge is 0.448 e. The highest BCUT2D eigenvalue weighted by molar-refractivity contribution is 6.74.